The standard InChI is InChI=1S/C51H97NO10/c1-3-5-7-9-11-13-15-17-19-21-23-24-26-28-30-32-34-36-38-43(54)46(56)42(41-61-51-49(59)48(58)47(57)45(40-53)62-51)52-50(60)44(55)39-37-35-33-31-29-27-25-22-20-18-16-14-12-10-8-6-4-2/h25,27,30,32,42-49,51,53-59H,3-24,26,28-29,31,33-41H2,1-2H3,(H,52,60)/b27-25-,32-30+. The second-order valence-corrected chi connectivity index (χ2v) is 18.2. The fourth-order valence-corrected chi connectivity index (χ4v) is 8.20. The highest BCUT2D eigenvalue weighted by atomic mass is 16.7. The van der Waals surface area contributed by atoms with Crippen LogP contribution in [0.4, 0.5) is 0 Å². The zero-order valence-corrected chi connectivity index (χ0v) is 39.6. The fraction of sp³-hybridized carbons (Fsp3) is 0.902. The van der Waals surface area contributed by atoms with Gasteiger partial charge in [0, 0.05) is 0 Å². The van der Waals surface area contributed by atoms with Crippen molar-refractivity contribution in [2.45, 2.75) is 281 Å². The van der Waals surface area contributed by atoms with Crippen molar-refractivity contribution in [3.05, 3.63) is 24.3 Å². The summed E-state index contributed by atoms with van der Waals surface area (Å²) >= 11 is 0. The molecular formula is C51H97NO10. The molecule has 1 heterocycles. The van der Waals surface area contributed by atoms with Crippen molar-refractivity contribution in [3.8, 4) is 0 Å². The van der Waals surface area contributed by atoms with Gasteiger partial charge in [0.15, 0.2) is 6.29 Å². The minimum atomic E-state index is -1.67. The maximum absolute atomic E-state index is 13.1. The van der Waals surface area contributed by atoms with Gasteiger partial charge in [0.1, 0.15) is 36.6 Å². The van der Waals surface area contributed by atoms with Gasteiger partial charge in [-0.05, 0) is 64.2 Å². The van der Waals surface area contributed by atoms with Gasteiger partial charge in [0.2, 0.25) is 5.91 Å². The van der Waals surface area contributed by atoms with E-state index in [1.54, 1.807) is 0 Å². The predicted molar refractivity (Wildman–Crippen MR) is 252 cm³/mol. The summed E-state index contributed by atoms with van der Waals surface area (Å²) in [5.74, 6) is -0.714. The highest BCUT2D eigenvalue weighted by Gasteiger charge is 2.44. The first kappa shape index (κ1) is 58.6. The normalized spacial score (nSPS) is 21.5. The summed E-state index contributed by atoms with van der Waals surface area (Å²) < 4.78 is 11.1. The SMILES string of the molecule is CCCCCCCCCCC/C=C\CCCCCCC(O)C(=O)NC(COC1OC(CO)C(O)C(O)C1O)C(O)C(O)CCC/C=C/CCCCCCCCCCCCCCC. The van der Waals surface area contributed by atoms with Crippen molar-refractivity contribution in [3.63, 3.8) is 0 Å². The van der Waals surface area contributed by atoms with Crippen LogP contribution >= 0.6 is 0 Å². The number of allylic oxidation sites excluding steroid dienone is 4. The molecular weight excluding hydrogens is 787 g/mol. The molecule has 9 unspecified atom stereocenters. The number of nitrogens with one attached hydrogen (secondary N) is 1. The van der Waals surface area contributed by atoms with Gasteiger partial charge in [-0.3, -0.25) is 4.79 Å². The molecule has 0 spiro atoms. The third kappa shape index (κ3) is 29.9. The first-order chi connectivity index (χ1) is 30.2. The second kappa shape index (κ2) is 41.1. The van der Waals surface area contributed by atoms with Gasteiger partial charge in [-0.25, -0.2) is 0 Å². The zero-order chi connectivity index (χ0) is 45.5. The van der Waals surface area contributed by atoms with Crippen molar-refractivity contribution >= 4 is 5.91 Å². The van der Waals surface area contributed by atoms with Crippen LogP contribution < -0.4 is 5.32 Å². The molecule has 1 fully saturated rings. The fourth-order valence-electron chi connectivity index (χ4n) is 8.20. The number of aliphatic hydroxyl groups excluding tert-OH is 7. The lowest BCUT2D eigenvalue weighted by Gasteiger charge is -2.40. The smallest absolute Gasteiger partial charge is 0.249 e. The molecule has 0 aliphatic carbocycles. The van der Waals surface area contributed by atoms with Crippen LogP contribution in [0.25, 0.3) is 0 Å². The van der Waals surface area contributed by atoms with E-state index in [0.29, 0.717) is 12.8 Å². The van der Waals surface area contributed by atoms with Crippen LogP contribution in [-0.2, 0) is 14.3 Å². The van der Waals surface area contributed by atoms with Gasteiger partial charge >= 0.3 is 0 Å². The van der Waals surface area contributed by atoms with E-state index < -0.39 is 74.2 Å². The molecule has 0 saturated carbocycles. The average Bonchev–Trinajstić information content (AvgIpc) is 3.27. The first-order valence-electron chi connectivity index (χ1n) is 25.7. The molecule has 1 rings (SSSR count). The minimum absolute atomic E-state index is 0.241. The lowest BCUT2D eigenvalue weighted by Crippen LogP contribution is -2.60. The van der Waals surface area contributed by atoms with E-state index in [0.717, 1.165) is 51.4 Å². The molecule has 1 aliphatic rings. The number of rotatable bonds is 43. The van der Waals surface area contributed by atoms with Crippen LogP contribution in [0.5, 0.6) is 0 Å². The Labute approximate surface area is 378 Å². The van der Waals surface area contributed by atoms with Crippen LogP contribution in [0.2, 0.25) is 0 Å². The number of ether oxygens (including phenoxy) is 2. The Morgan fingerprint density at radius 1 is 0.548 bits per heavy atom. The van der Waals surface area contributed by atoms with E-state index >= 15 is 0 Å². The molecule has 1 aliphatic heterocycles. The highest BCUT2D eigenvalue weighted by Crippen LogP contribution is 2.23. The Hall–Kier alpha value is -1.41. The van der Waals surface area contributed by atoms with Gasteiger partial charge in [-0.2, -0.15) is 0 Å². The number of unbranched alkanes of at least 4 members (excludes halogenated alkanes) is 27. The van der Waals surface area contributed by atoms with Crippen LogP contribution in [0, 0.1) is 0 Å². The van der Waals surface area contributed by atoms with Crippen molar-refractivity contribution in [1.82, 2.24) is 5.32 Å². The topological polar surface area (TPSA) is 189 Å². The lowest BCUT2D eigenvalue weighted by atomic mass is 9.98. The molecule has 0 radical (unpaired) electrons. The van der Waals surface area contributed by atoms with Gasteiger partial charge in [0.05, 0.1) is 25.4 Å². The Balaban J connectivity index is 2.43. The summed E-state index contributed by atoms with van der Waals surface area (Å²) in [7, 11) is 0. The summed E-state index contributed by atoms with van der Waals surface area (Å²) in [6, 6.07) is -1.19. The molecule has 8 N–H and O–H groups in total. The van der Waals surface area contributed by atoms with Crippen LogP contribution in [0.1, 0.15) is 226 Å². The number of carbonyl (C=O) groups is 1. The van der Waals surface area contributed by atoms with Crippen LogP contribution in [0.3, 0.4) is 0 Å². The molecule has 1 amide bonds. The molecule has 0 aromatic rings. The summed E-state index contributed by atoms with van der Waals surface area (Å²) in [6.07, 6.45) is 35.1. The Bertz CT molecular complexity index is 1060. The van der Waals surface area contributed by atoms with Gasteiger partial charge in [-0.15, -0.1) is 0 Å². The Kier molecular flexibility index (Phi) is 38.8. The summed E-state index contributed by atoms with van der Waals surface area (Å²) in [5.41, 5.74) is 0. The van der Waals surface area contributed by atoms with Crippen molar-refractivity contribution in [2.75, 3.05) is 13.2 Å². The van der Waals surface area contributed by atoms with E-state index in [-0.39, 0.29) is 12.8 Å². The molecule has 11 nitrogen and oxygen atoms in total. The molecule has 0 bridgehead atoms. The van der Waals surface area contributed by atoms with Crippen LogP contribution in [0.15, 0.2) is 24.3 Å². The number of carbonyl (C=O) groups excluding carboxylic acids is 1. The van der Waals surface area contributed by atoms with E-state index in [1.165, 1.54) is 135 Å². The number of aliphatic hydroxyl groups is 7. The van der Waals surface area contributed by atoms with Gasteiger partial charge < -0.3 is 50.5 Å². The summed E-state index contributed by atoms with van der Waals surface area (Å²) in [6.45, 7) is 3.44. The molecule has 62 heavy (non-hydrogen) atoms. The third-order valence-corrected chi connectivity index (χ3v) is 12.5. The minimum Gasteiger partial charge on any atom is -0.394 e. The molecule has 0 aromatic carbocycles. The second-order valence-electron chi connectivity index (χ2n) is 18.2. The van der Waals surface area contributed by atoms with Crippen molar-refractivity contribution in [2.24, 2.45) is 0 Å². The maximum Gasteiger partial charge on any atom is 0.249 e. The number of hydrogen-bond acceptors (Lipinski definition) is 10. The first-order valence-corrected chi connectivity index (χ1v) is 25.7. The lowest BCUT2D eigenvalue weighted by molar-refractivity contribution is -0.303. The van der Waals surface area contributed by atoms with Gasteiger partial charge in [-0.1, -0.05) is 186 Å². The predicted octanol–water partition coefficient (Wildman–Crippen LogP) is 9.40. The zero-order valence-electron chi connectivity index (χ0n) is 39.6. The van der Waals surface area contributed by atoms with Crippen molar-refractivity contribution < 1.29 is 50.0 Å². The van der Waals surface area contributed by atoms with Crippen molar-refractivity contribution in [1.29, 1.82) is 0 Å². The highest BCUT2D eigenvalue weighted by molar-refractivity contribution is 5.80. The molecule has 1 saturated heterocycles. The Morgan fingerprint density at radius 2 is 0.952 bits per heavy atom. The average molecular weight is 884 g/mol. The van der Waals surface area contributed by atoms with E-state index in [9.17, 15) is 40.5 Å². The quantitative estimate of drug-likeness (QED) is 0.0216. The van der Waals surface area contributed by atoms with E-state index in [4.69, 9.17) is 9.47 Å². The number of hydrogen-bond donors (Lipinski definition) is 8. The maximum atomic E-state index is 13.1. The van der Waals surface area contributed by atoms with E-state index in [2.05, 4.69) is 43.5 Å². The third-order valence-electron chi connectivity index (χ3n) is 12.5. The molecule has 366 valence electrons. The molecule has 11 heteroatoms. The summed E-state index contributed by atoms with van der Waals surface area (Å²) in [5, 5.41) is 75.8. The van der Waals surface area contributed by atoms with Gasteiger partial charge in [0.25, 0.3) is 0 Å². The largest absolute Gasteiger partial charge is 0.394 e. The van der Waals surface area contributed by atoms with E-state index in [1.807, 2.05) is 0 Å². The number of amides is 1. The summed E-state index contributed by atoms with van der Waals surface area (Å²) in [4.78, 5) is 13.1. The Morgan fingerprint density at radius 3 is 1.39 bits per heavy atom. The van der Waals surface area contributed by atoms with Crippen LogP contribution in [-0.4, -0.2) is 110 Å². The molecule has 9 atom stereocenters. The monoisotopic (exact) mass is 884 g/mol. The molecule has 0 aromatic heterocycles.